The minimum atomic E-state index is 0.832. The first kappa shape index (κ1) is 9.20. The van der Waals surface area contributed by atoms with E-state index in [-0.39, 0.29) is 0 Å². The Balaban J connectivity index is 1.37. The Morgan fingerprint density at radius 3 is 2.19 bits per heavy atom. The summed E-state index contributed by atoms with van der Waals surface area (Å²) < 4.78 is 0. The average molecular weight is 214 g/mol. The Kier molecular flexibility index (Phi) is 1.91. The first-order valence-electron chi connectivity index (χ1n) is 6.43. The lowest BCUT2D eigenvalue weighted by Crippen LogP contribution is -2.44. The maximum absolute atomic E-state index is 2.69. The van der Waals surface area contributed by atoms with Crippen molar-refractivity contribution in [2.75, 3.05) is 19.8 Å². The highest BCUT2D eigenvalue weighted by molar-refractivity contribution is 5.23. The summed E-state index contributed by atoms with van der Waals surface area (Å²) in [6, 6.07) is 12.8. The highest BCUT2D eigenvalue weighted by atomic mass is 15.5. The van der Waals surface area contributed by atoms with Crippen LogP contribution in [0.25, 0.3) is 0 Å². The number of hydrogen-bond donors (Lipinski definition) is 0. The summed E-state index contributed by atoms with van der Waals surface area (Å²) >= 11 is 0. The van der Waals surface area contributed by atoms with Crippen LogP contribution in [0.1, 0.15) is 24.3 Å². The molecule has 0 spiro atoms. The van der Waals surface area contributed by atoms with Crippen LogP contribution < -0.4 is 0 Å². The minimum absolute atomic E-state index is 0.832. The summed E-state index contributed by atoms with van der Waals surface area (Å²) in [4.78, 5) is 5.27. The average Bonchev–Trinajstić information content (AvgIpc) is 2.86. The molecule has 84 valence electrons. The number of hydrogen-bond acceptors (Lipinski definition) is 2. The predicted molar refractivity (Wildman–Crippen MR) is 64.3 cm³/mol. The van der Waals surface area contributed by atoms with Gasteiger partial charge in [-0.15, -0.1) is 0 Å². The van der Waals surface area contributed by atoms with Crippen LogP contribution in [0, 0.1) is 0 Å². The van der Waals surface area contributed by atoms with Gasteiger partial charge in [-0.05, 0) is 24.3 Å². The molecule has 0 radical (unpaired) electrons. The van der Waals surface area contributed by atoms with E-state index in [4.69, 9.17) is 0 Å². The van der Waals surface area contributed by atoms with Crippen LogP contribution in [0.5, 0.6) is 0 Å². The summed E-state index contributed by atoms with van der Waals surface area (Å²) in [7, 11) is 0. The summed E-state index contributed by atoms with van der Waals surface area (Å²) in [6.45, 7) is 3.95. The second-order valence-corrected chi connectivity index (χ2v) is 5.57. The van der Waals surface area contributed by atoms with E-state index >= 15 is 0 Å². The van der Waals surface area contributed by atoms with Crippen molar-refractivity contribution in [1.29, 1.82) is 0 Å². The van der Waals surface area contributed by atoms with Gasteiger partial charge in [0, 0.05) is 25.2 Å². The van der Waals surface area contributed by atoms with Gasteiger partial charge in [0.1, 0.15) is 0 Å². The molecule has 2 nitrogen and oxygen atoms in total. The molecule has 2 atom stereocenters. The summed E-state index contributed by atoms with van der Waals surface area (Å²) in [5.74, 6) is 0.832. The van der Waals surface area contributed by atoms with E-state index in [1.54, 1.807) is 5.56 Å². The molecule has 0 aromatic heterocycles. The first-order chi connectivity index (χ1) is 7.90. The largest absolute Gasteiger partial charge is 0.286 e. The molecule has 2 aliphatic heterocycles. The van der Waals surface area contributed by atoms with E-state index in [2.05, 4.69) is 40.1 Å². The van der Waals surface area contributed by atoms with Crippen LogP contribution >= 0.6 is 0 Å². The third-order valence-electron chi connectivity index (χ3n) is 4.54. The molecule has 3 aliphatic rings. The normalized spacial score (nSPS) is 41.5. The molecule has 1 saturated carbocycles. The van der Waals surface area contributed by atoms with Gasteiger partial charge in [-0.1, -0.05) is 30.3 Å². The molecule has 16 heavy (non-hydrogen) atoms. The lowest BCUT2D eigenvalue weighted by molar-refractivity contribution is 0.115. The number of benzene rings is 1. The molecular formula is C14H18N2. The molecule has 1 aromatic carbocycles. The fourth-order valence-electron chi connectivity index (χ4n) is 3.28. The van der Waals surface area contributed by atoms with Gasteiger partial charge in [0.15, 0.2) is 0 Å². The van der Waals surface area contributed by atoms with Crippen molar-refractivity contribution in [1.82, 2.24) is 9.80 Å². The number of fused-ring (bicyclic) bond motifs is 1. The van der Waals surface area contributed by atoms with Gasteiger partial charge in [-0.25, -0.2) is 0 Å². The molecule has 0 amide bonds. The Hall–Kier alpha value is -0.860. The fourth-order valence-corrected chi connectivity index (χ4v) is 3.28. The van der Waals surface area contributed by atoms with Gasteiger partial charge in [0.2, 0.25) is 0 Å². The molecule has 0 bridgehead atoms. The second-order valence-electron chi connectivity index (χ2n) is 5.57. The second kappa shape index (κ2) is 3.31. The maximum atomic E-state index is 2.69. The van der Waals surface area contributed by atoms with Crippen LogP contribution in [-0.2, 0) is 0 Å². The topological polar surface area (TPSA) is 6.25 Å². The van der Waals surface area contributed by atoms with Gasteiger partial charge >= 0.3 is 0 Å². The quantitative estimate of drug-likeness (QED) is 0.694. The Morgan fingerprint density at radius 1 is 0.875 bits per heavy atom. The van der Waals surface area contributed by atoms with Gasteiger partial charge in [0.05, 0.1) is 6.67 Å². The molecule has 2 heteroatoms. The zero-order chi connectivity index (χ0) is 10.5. The minimum Gasteiger partial charge on any atom is -0.286 e. The molecule has 3 fully saturated rings. The highest BCUT2D eigenvalue weighted by Gasteiger charge is 2.47. The summed E-state index contributed by atoms with van der Waals surface area (Å²) in [5, 5.41) is 0. The highest BCUT2D eigenvalue weighted by Crippen LogP contribution is 2.42. The van der Waals surface area contributed by atoms with E-state index in [0.717, 1.165) is 18.0 Å². The van der Waals surface area contributed by atoms with Crippen LogP contribution in [0.15, 0.2) is 30.3 Å². The molecule has 0 N–H and O–H groups in total. The molecule has 1 aliphatic carbocycles. The van der Waals surface area contributed by atoms with E-state index in [1.165, 1.54) is 32.6 Å². The van der Waals surface area contributed by atoms with E-state index in [9.17, 15) is 0 Å². The maximum Gasteiger partial charge on any atom is 0.0514 e. The molecule has 2 heterocycles. The van der Waals surface area contributed by atoms with Gasteiger partial charge in [-0.2, -0.15) is 0 Å². The lowest BCUT2D eigenvalue weighted by Gasteiger charge is -2.41. The number of rotatable bonds is 2. The van der Waals surface area contributed by atoms with E-state index < -0.39 is 0 Å². The van der Waals surface area contributed by atoms with Crippen molar-refractivity contribution < 1.29 is 0 Å². The zero-order valence-electron chi connectivity index (χ0n) is 9.55. The third kappa shape index (κ3) is 1.40. The van der Waals surface area contributed by atoms with Crippen molar-refractivity contribution in [2.24, 2.45) is 0 Å². The van der Waals surface area contributed by atoms with Crippen molar-refractivity contribution in [3.63, 3.8) is 0 Å². The van der Waals surface area contributed by atoms with Crippen molar-refractivity contribution in [2.45, 2.75) is 30.8 Å². The smallest absolute Gasteiger partial charge is 0.0514 e. The van der Waals surface area contributed by atoms with Gasteiger partial charge in [0.25, 0.3) is 0 Å². The van der Waals surface area contributed by atoms with Crippen molar-refractivity contribution in [3.8, 4) is 0 Å². The molecular weight excluding hydrogens is 196 g/mol. The first-order valence-corrected chi connectivity index (χ1v) is 6.43. The van der Waals surface area contributed by atoms with Crippen LogP contribution in [0.4, 0.5) is 0 Å². The molecule has 2 unspecified atom stereocenters. The molecule has 1 aromatic rings. The Bertz CT molecular complexity index is 373. The van der Waals surface area contributed by atoms with Crippen LogP contribution in [0.3, 0.4) is 0 Å². The standard InChI is InChI=1S/C14H18N2/c1-2-4-11(5-3-1)12-6-13(7-12)15-8-14-9-16(14)10-15/h1-5,12-14H,6-10H2. The summed E-state index contributed by atoms with van der Waals surface area (Å²) in [6.07, 6.45) is 2.76. The van der Waals surface area contributed by atoms with E-state index in [1.807, 2.05) is 0 Å². The Labute approximate surface area is 96.9 Å². The van der Waals surface area contributed by atoms with Gasteiger partial charge < -0.3 is 0 Å². The zero-order valence-corrected chi connectivity index (χ0v) is 9.55. The molecule has 2 saturated heterocycles. The van der Waals surface area contributed by atoms with Crippen LogP contribution in [0.2, 0.25) is 0 Å². The Morgan fingerprint density at radius 2 is 1.56 bits per heavy atom. The molecule has 4 rings (SSSR count). The number of nitrogens with zero attached hydrogens (tertiary/aromatic N) is 2. The third-order valence-corrected chi connectivity index (χ3v) is 4.54. The van der Waals surface area contributed by atoms with Crippen molar-refractivity contribution in [3.05, 3.63) is 35.9 Å². The van der Waals surface area contributed by atoms with E-state index in [0.29, 0.717) is 0 Å². The SMILES string of the molecule is c1ccc(C2CC(N3CC4CN4C3)C2)cc1. The monoisotopic (exact) mass is 214 g/mol. The summed E-state index contributed by atoms with van der Waals surface area (Å²) in [5.41, 5.74) is 1.54. The fraction of sp³-hybridized carbons (Fsp3) is 0.571. The van der Waals surface area contributed by atoms with Gasteiger partial charge in [-0.3, -0.25) is 9.80 Å². The lowest BCUT2D eigenvalue weighted by atomic mass is 9.75. The predicted octanol–water partition coefficient (Wildman–Crippen LogP) is 1.89. The van der Waals surface area contributed by atoms with Crippen LogP contribution in [-0.4, -0.2) is 41.6 Å². The van der Waals surface area contributed by atoms with Crippen molar-refractivity contribution >= 4 is 0 Å².